The molecular weight excluding hydrogens is 324 g/mol. The Bertz CT molecular complexity index is 769. The molecule has 1 unspecified atom stereocenters. The Morgan fingerprint density at radius 1 is 1.08 bits per heavy atom. The van der Waals surface area contributed by atoms with E-state index in [1.165, 1.54) is 16.7 Å². The topological polar surface area (TPSA) is 41.6 Å². The first-order valence-electron chi connectivity index (χ1n) is 9.48. The summed E-state index contributed by atoms with van der Waals surface area (Å²) in [5.74, 6) is 1.29. The molecule has 1 N–H and O–H groups in total. The zero-order chi connectivity index (χ0) is 17.9. The van der Waals surface area contributed by atoms with Crippen molar-refractivity contribution in [3.8, 4) is 5.75 Å². The zero-order valence-corrected chi connectivity index (χ0v) is 15.3. The van der Waals surface area contributed by atoms with Crippen LogP contribution in [-0.4, -0.2) is 31.0 Å². The van der Waals surface area contributed by atoms with E-state index in [1.807, 2.05) is 12.1 Å². The molecule has 1 fully saturated rings. The number of ether oxygens (including phenoxy) is 1. The zero-order valence-electron chi connectivity index (χ0n) is 15.3. The second-order valence-corrected chi connectivity index (χ2v) is 7.26. The summed E-state index contributed by atoms with van der Waals surface area (Å²) < 4.78 is 5.39. The van der Waals surface area contributed by atoms with Gasteiger partial charge < -0.3 is 15.0 Å². The number of carbonyl (C=O) groups excluding carboxylic acids is 1. The average molecular weight is 350 g/mol. The first-order valence-corrected chi connectivity index (χ1v) is 9.48. The van der Waals surface area contributed by atoms with Gasteiger partial charge in [-0.25, -0.2) is 0 Å². The van der Waals surface area contributed by atoms with Crippen molar-refractivity contribution in [1.82, 2.24) is 10.2 Å². The summed E-state index contributed by atoms with van der Waals surface area (Å²) in [4.78, 5) is 15.5. The summed E-state index contributed by atoms with van der Waals surface area (Å²) in [7, 11) is 1.69. The lowest BCUT2D eigenvalue weighted by molar-refractivity contribution is -0.140. The minimum absolute atomic E-state index is 0.111. The van der Waals surface area contributed by atoms with Crippen molar-refractivity contribution in [3.63, 3.8) is 0 Å². The van der Waals surface area contributed by atoms with E-state index in [9.17, 15) is 4.79 Å². The fraction of sp³-hybridized carbons (Fsp3) is 0.409. The number of methoxy groups -OCH3 is 1. The molecule has 1 atom stereocenters. The third-order valence-electron chi connectivity index (χ3n) is 5.70. The van der Waals surface area contributed by atoms with Crippen LogP contribution < -0.4 is 10.1 Å². The normalized spacial score (nSPS) is 20.5. The van der Waals surface area contributed by atoms with Crippen molar-refractivity contribution in [2.75, 3.05) is 20.2 Å². The summed E-state index contributed by atoms with van der Waals surface area (Å²) in [6.07, 6.45) is 2.73. The maximum absolute atomic E-state index is 13.4. The molecule has 4 nitrogen and oxygen atoms in total. The highest BCUT2D eigenvalue weighted by Crippen LogP contribution is 2.36. The van der Waals surface area contributed by atoms with E-state index in [2.05, 4.69) is 46.6 Å². The predicted molar refractivity (Wildman–Crippen MR) is 102 cm³/mol. The summed E-state index contributed by atoms with van der Waals surface area (Å²) in [6, 6.07) is 16.8. The number of benzene rings is 2. The Kier molecular flexibility index (Phi) is 4.93. The van der Waals surface area contributed by atoms with Crippen molar-refractivity contribution in [2.24, 2.45) is 5.92 Å². The molecular formula is C22H26N2O2. The second kappa shape index (κ2) is 7.50. The van der Waals surface area contributed by atoms with Crippen LogP contribution in [-0.2, 0) is 17.8 Å². The number of nitrogens with zero attached hydrogens (tertiary/aromatic N) is 1. The molecule has 4 rings (SSSR count). The molecule has 2 aliphatic rings. The van der Waals surface area contributed by atoms with E-state index in [-0.39, 0.29) is 12.0 Å². The quantitative estimate of drug-likeness (QED) is 0.923. The number of fused-ring (bicyclic) bond motifs is 1. The highest BCUT2D eigenvalue weighted by molar-refractivity contribution is 5.80. The monoisotopic (exact) mass is 350 g/mol. The highest BCUT2D eigenvalue weighted by Gasteiger charge is 2.34. The Hall–Kier alpha value is -2.33. The number of nitrogens with one attached hydrogen (secondary N) is 1. The van der Waals surface area contributed by atoms with Crippen molar-refractivity contribution in [1.29, 1.82) is 0 Å². The predicted octanol–water partition coefficient (Wildman–Crippen LogP) is 3.32. The van der Waals surface area contributed by atoms with Gasteiger partial charge in [-0.1, -0.05) is 36.4 Å². The van der Waals surface area contributed by atoms with Gasteiger partial charge in [-0.05, 0) is 61.2 Å². The number of rotatable bonds is 3. The molecule has 0 saturated carbocycles. The first-order chi connectivity index (χ1) is 12.8. The highest BCUT2D eigenvalue weighted by atomic mass is 16.5. The van der Waals surface area contributed by atoms with Crippen LogP contribution in [0, 0.1) is 5.92 Å². The van der Waals surface area contributed by atoms with Gasteiger partial charge in [-0.2, -0.15) is 0 Å². The third kappa shape index (κ3) is 3.34. The molecule has 2 aliphatic heterocycles. The van der Waals surface area contributed by atoms with Crippen LogP contribution in [0.2, 0.25) is 0 Å². The van der Waals surface area contributed by atoms with Gasteiger partial charge in [0.15, 0.2) is 0 Å². The molecule has 0 aliphatic carbocycles. The Morgan fingerprint density at radius 2 is 1.85 bits per heavy atom. The fourth-order valence-electron chi connectivity index (χ4n) is 4.20. The van der Waals surface area contributed by atoms with Gasteiger partial charge in [0.1, 0.15) is 5.75 Å². The summed E-state index contributed by atoms with van der Waals surface area (Å²) >= 11 is 0. The van der Waals surface area contributed by atoms with E-state index >= 15 is 0 Å². The SMILES string of the molecule is COc1ccc2c(c1)CN(C(=O)C1CCNCC1)C(c1ccccc1)C2. The van der Waals surface area contributed by atoms with Crippen molar-refractivity contribution < 1.29 is 9.53 Å². The maximum Gasteiger partial charge on any atom is 0.226 e. The lowest BCUT2D eigenvalue weighted by atomic mass is 9.87. The first kappa shape index (κ1) is 17.1. The third-order valence-corrected chi connectivity index (χ3v) is 5.70. The lowest BCUT2D eigenvalue weighted by Crippen LogP contribution is -2.44. The van der Waals surface area contributed by atoms with Gasteiger partial charge in [0.2, 0.25) is 5.91 Å². The van der Waals surface area contributed by atoms with E-state index in [4.69, 9.17) is 4.74 Å². The Morgan fingerprint density at radius 3 is 2.58 bits per heavy atom. The van der Waals surface area contributed by atoms with E-state index in [1.54, 1.807) is 7.11 Å². The number of hydrogen-bond donors (Lipinski definition) is 1. The molecule has 26 heavy (non-hydrogen) atoms. The largest absolute Gasteiger partial charge is 0.497 e. The molecule has 136 valence electrons. The minimum atomic E-state index is 0.111. The number of carbonyl (C=O) groups is 1. The summed E-state index contributed by atoms with van der Waals surface area (Å²) in [6.45, 7) is 2.53. The van der Waals surface area contributed by atoms with Crippen LogP contribution in [0.3, 0.4) is 0 Å². The molecule has 0 radical (unpaired) electrons. The Balaban J connectivity index is 1.68. The number of amides is 1. The summed E-state index contributed by atoms with van der Waals surface area (Å²) in [5, 5.41) is 3.36. The van der Waals surface area contributed by atoms with Gasteiger partial charge in [0.25, 0.3) is 0 Å². The van der Waals surface area contributed by atoms with Crippen molar-refractivity contribution in [3.05, 3.63) is 65.2 Å². The molecule has 2 heterocycles. The number of hydrogen-bond acceptors (Lipinski definition) is 3. The van der Waals surface area contributed by atoms with Crippen LogP contribution >= 0.6 is 0 Å². The van der Waals surface area contributed by atoms with Crippen LogP contribution in [0.15, 0.2) is 48.5 Å². The van der Waals surface area contributed by atoms with Crippen LogP contribution in [0.4, 0.5) is 0 Å². The molecule has 0 aromatic heterocycles. The molecule has 1 amide bonds. The van der Waals surface area contributed by atoms with Gasteiger partial charge in [0.05, 0.1) is 13.2 Å². The smallest absolute Gasteiger partial charge is 0.226 e. The van der Waals surface area contributed by atoms with Gasteiger partial charge in [0, 0.05) is 12.5 Å². The van der Waals surface area contributed by atoms with Crippen LogP contribution in [0.25, 0.3) is 0 Å². The molecule has 2 aromatic rings. The Labute approximate surface area is 155 Å². The van der Waals surface area contributed by atoms with E-state index < -0.39 is 0 Å². The van der Waals surface area contributed by atoms with Gasteiger partial charge in [-0.15, -0.1) is 0 Å². The van der Waals surface area contributed by atoms with E-state index in [0.717, 1.165) is 38.1 Å². The fourth-order valence-corrected chi connectivity index (χ4v) is 4.20. The maximum atomic E-state index is 13.4. The van der Waals surface area contributed by atoms with Gasteiger partial charge >= 0.3 is 0 Å². The molecule has 0 bridgehead atoms. The standard InChI is InChI=1S/C22H26N2O2/c1-26-20-8-7-18-14-21(16-5-3-2-4-6-16)24(15-19(18)13-20)22(25)17-9-11-23-12-10-17/h2-8,13,17,21,23H,9-12,14-15H2,1H3. The van der Waals surface area contributed by atoms with E-state index in [0.29, 0.717) is 12.5 Å². The minimum Gasteiger partial charge on any atom is -0.497 e. The van der Waals surface area contributed by atoms with Crippen LogP contribution in [0.1, 0.15) is 35.6 Å². The van der Waals surface area contributed by atoms with Crippen molar-refractivity contribution >= 4 is 5.91 Å². The van der Waals surface area contributed by atoms with Gasteiger partial charge in [-0.3, -0.25) is 4.79 Å². The second-order valence-electron chi connectivity index (χ2n) is 7.26. The molecule has 2 aromatic carbocycles. The summed E-state index contributed by atoms with van der Waals surface area (Å²) in [5.41, 5.74) is 3.74. The molecule has 0 spiro atoms. The molecule has 4 heteroatoms. The van der Waals surface area contributed by atoms with Crippen LogP contribution in [0.5, 0.6) is 5.75 Å². The average Bonchev–Trinajstić information content (AvgIpc) is 2.73. The lowest BCUT2D eigenvalue weighted by Gasteiger charge is -2.40. The number of piperidine rings is 1. The van der Waals surface area contributed by atoms with Crippen molar-refractivity contribution in [2.45, 2.75) is 31.8 Å². The molecule has 1 saturated heterocycles.